The van der Waals surface area contributed by atoms with Crippen LogP contribution in [-0.2, 0) is 22.4 Å². The second-order valence-corrected chi connectivity index (χ2v) is 9.20. The molecule has 2 aromatic rings. The third-order valence-electron chi connectivity index (χ3n) is 7.07. The standard InChI is InChI=1S/C26H32N2O4/c29-25(30)23(21-7-9-27-15-21)13-17-3-1-5-19(11-17)20-6-2-4-18(12-20)14-24(26(31)32)22-8-10-28-16-22/h1-6,11-12,21-24,27-28H,7-10,13-16H2,(H,29,30)(H,31,32)/t21-,22-,23-,24-/m0/s1. The summed E-state index contributed by atoms with van der Waals surface area (Å²) in [5.41, 5.74) is 4.11. The molecule has 6 nitrogen and oxygen atoms in total. The molecule has 6 heteroatoms. The van der Waals surface area contributed by atoms with Crippen LogP contribution < -0.4 is 10.6 Å². The van der Waals surface area contributed by atoms with Crippen molar-refractivity contribution in [3.8, 4) is 11.1 Å². The fourth-order valence-electron chi connectivity index (χ4n) is 5.22. The van der Waals surface area contributed by atoms with Gasteiger partial charge < -0.3 is 20.8 Å². The van der Waals surface area contributed by atoms with Crippen LogP contribution in [-0.4, -0.2) is 48.3 Å². The van der Waals surface area contributed by atoms with Gasteiger partial charge >= 0.3 is 11.9 Å². The van der Waals surface area contributed by atoms with Crippen molar-refractivity contribution >= 4 is 11.9 Å². The van der Waals surface area contributed by atoms with Gasteiger partial charge in [-0.3, -0.25) is 9.59 Å². The molecule has 0 amide bonds. The molecule has 2 saturated heterocycles. The van der Waals surface area contributed by atoms with Crippen LogP contribution in [0.15, 0.2) is 48.5 Å². The van der Waals surface area contributed by atoms with E-state index in [-0.39, 0.29) is 23.7 Å². The second-order valence-electron chi connectivity index (χ2n) is 9.20. The van der Waals surface area contributed by atoms with Crippen molar-refractivity contribution in [2.24, 2.45) is 23.7 Å². The van der Waals surface area contributed by atoms with Gasteiger partial charge in [-0.25, -0.2) is 0 Å². The van der Waals surface area contributed by atoms with Gasteiger partial charge in [0.1, 0.15) is 0 Å². The van der Waals surface area contributed by atoms with Crippen LogP contribution in [0.1, 0.15) is 24.0 Å². The molecular weight excluding hydrogens is 404 g/mol. The van der Waals surface area contributed by atoms with Crippen molar-refractivity contribution < 1.29 is 19.8 Å². The van der Waals surface area contributed by atoms with E-state index in [1.54, 1.807) is 0 Å². The summed E-state index contributed by atoms with van der Waals surface area (Å²) in [6.07, 6.45) is 2.84. The average molecular weight is 437 g/mol. The van der Waals surface area contributed by atoms with E-state index < -0.39 is 11.9 Å². The summed E-state index contributed by atoms with van der Waals surface area (Å²) in [6.45, 7) is 3.30. The summed E-state index contributed by atoms with van der Waals surface area (Å²) in [4.78, 5) is 23.8. The first kappa shape index (κ1) is 22.5. The monoisotopic (exact) mass is 436 g/mol. The van der Waals surface area contributed by atoms with E-state index in [1.807, 2.05) is 36.4 Å². The molecule has 4 atom stereocenters. The highest BCUT2D eigenvalue weighted by Gasteiger charge is 2.31. The first-order valence-electron chi connectivity index (χ1n) is 11.6. The molecule has 0 spiro atoms. The van der Waals surface area contributed by atoms with Crippen LogP contribution in [0, 0.1) is 23.7 Å². The van der Waals surface area contributed by atoms with E-state index in [1.165, 1.54) is 0 Å². The van der Waals surface area contributed by atoms with E-state index >= 15 is 0 Å². The van der Waals surface area contributed by atoms with Gasteiger partial charge in [-0.05, 0) is 86.0 Å². The zero-order valence-corrected chi connectivity index (χ0v) is 18.3. The third-order valence-corrected chi connectivity index (χ3v) is 7.07. The lowest BCUT2D eigenvalue weighted by Gasteiger charge is -2.20. The summed E-state index contributed by atoms with van der Waals surface area (Å²) in [7, 11) is 0. The molecule has 4 N–H and O–H groups in total. The van der Waals surface area contributed by atoms with Gasteiger partial charge in [0.15, 0.2) is 0 Å². The van der Waals surface area contributed by atoms with E-state index in [9.17, 15) is 19.8 Å². The summed E-state index contributed by atoms with van der Waals surface area (Å²) in [6, 6.07) is 16.2. The van der Waals surface area contributed by atoms with E-state index in [4.69, 9.17) is 0 Å². The minimum Gasteiger partial charge on any atom is -0.481 e. The smallest absolute Gasteiger partial charge is 0.307 e. The van der Waals surface area contributed by atoms with Crippen LogP contribution in [0.25, 0.3) is 11.1 Å². The number of nitrogens with one attached hydrogen (secondary N) is 2. The van der Waals surface area contributed by atoms with Gasteiger partial charge in [0.05, 0.1) is 11.8 Å². The van der Waals surface area contributed by atoms with Gasteiger partial charge in [0.25, 0.3) is 0 Å². The lowest BCUT2D eigenvalue weighted by molar-refractivity contribution is -0.144. The molecule has 2 aliphatic rings. The molecule has 0 aromatic heterocycles. The predicted octanol–water partition coefficient (Wildman–Crippen LogP) is 3.06. The quantitative estimate of drug-likeness (QED) is 0.482. The molecule has 0 unspecified atom stereocenters. The number of aliphatic carboxylic acids is 2. The Bertz CT molecular complexity index is 871. The Kier molecular flexibility index (Phi) is 7.22. The van der Waals surface area contributed by atoms with Crippen LogP contribution in [0.3, 0.4) is 0 Å². The lowest BCUT2D eigenvalue weighted by atomic mass is 9.85. The second kappa shape index (κ2) is 10.3. The number of carbonyl (C=O) groups is 2. The molecule has 0 radical (unpaired) electrons. The van der Waals surface area contributed by atoms with Crippen molar-refractivity contribution in [1.82, 2.24) is 10.6 Å². The Morgan fingerprint density at radius 3 is 1.56 bits per heavy atom. The number of hydrogen-bond acceptors (Lipinski definition) is 4. The molecule has 0 aliphatic carbocycles. The maximum atomic E-state index is 11.9. The van der Waals surface area contributed by atoms with Crippen molar-refractivity contribution in [2.75, 3.05) is 26.2 Å². The first-order valence-corrected chi connectivity index (χ1v) is 11.6. The Hall–Kier alpha value is -2.70. The SMILES string of the molecule is O=C(O)[C@@H](Cc1cccc(-c2cccc(C[C@H](C(=O)O)[C@H]3CCNC3)c2)c1)[C@H]1CCNC1. The summed E-state index contributed by atoms with van der Waals surface area (Å²) >= 11 is 0. The highest BCUT2D eigenvalue weighted by atomic mass is 16.4. The molecule has 2 aliphatic heterocycles. The van der Waals surface area contributed by atoms with Gasteiger partial charge in [-0.2, -0.15) is 0 Å². The van der Waals surface area contributed by atoms with Gasteiger partial charge in [-0.15, -0.1) is 0 Å². The molecule has 4 rings (SSSR count). The van der Waals surface area contributed by atoms with Crippen LogP contribution >= 0.6 is 0 Å². The van der Waals surface area contributed by atoms with Crippen molar-refractivity contribution in [3.63, 3.8) is 0 Å². The summed E-state index contributed by atoms with van der Waals surface area (Å²) < 4.78 is 0. The minimum absolute atomic E-state index is 0.164. The fraction of sp³-hybridized carbons (Fsp3) is 0.462. The van der Waals surface area contributed by atoms with Gasteiger partial charge in [0.2, 0.25) is 0 Å². The first-order chi connectivity index (χ1) is 15.5. The molecule has 170 valence electrons. The number of rotatable bonds is 9. The maximum absolute atomic E-state index is 11.9. The number of benzene rings is 2. The molecule has 0 bridgehead atoms. The van der Waals surface area contributed by atoms with Gasteiger partial charge in [0, 0.05) is 0 Å². The third kappa shape index (κ3) is 5.37. The number of carboxylic acids is 2. The molecule has 32 heavy (non-hydrogen) atoms. The highest BCUT2D eigenvalue weighted by Crippen LogP contribution is 2.29. The zero-order chi connectivity index (χ0) is 22.5. The lowest BCUT2D eigenvalue weighted by Crippen LogP contribution is -2.27. The van der Waals surface area contributed by atoms with Crippen molar-refractivity contribution in [2.45, 2.75) is 25.7 Å². The zero-order valence-electron chi connectivity index (χ0n) is 18.3. The minimum atomic E-state index is -0.729. The molecule has 2 aromatic carbocycles. The number of carboxylic acid groups (broad SMARTS) is 2. The Morgan fingerprint density at radius 1 is 0.781 bits per heavy atom. The normalized spacial score (nSPS) is 22.5. The average Bonchev–Trinajstić information content (AvgIpc) is 3.50. The molecule has 2 fully saturated rings. The van der Waals surface area contributed by atoms with Gasteiger partial charge in [-0.1, -0.05) is 48.5 Å². The largest absolute Gasteiger partial charge is 0.481 e. The van der Waals surface area contributed by atoms with Crippen molar-refractivity contribution in [1.29, 1.82) is 0 Å². The van der Waals surface area contributed by atoms with E-state index in [0.29, 0.717) is 12.8 Å². The van der Waals surface area contributed by atoms with E-state index in [2.05, 4.69) is 22.8 Å². The van der Waals surface area contributed by atoms with Crippen molar-refractivity contribution in [3.05, 3.63) is 59.7 Å². The summed E-state index contributed by atoms with van der Waals surface area (Å²) in [5, 5.41) is 26.1. The molecule has 2 heterocycles. The van der Waals surface area contributed by atoms with Crippen LogP contribution in [0.5, 0.6) is 0 Å². The predicted molar refractivity (Wildman–Crippen MR) is 123 cm³/mol. The topological polar surface area (TPSA) is 98.7 Å². The number of hydrogen-bond donors (Lipinski definition) is 4. The maximum Gasteiger partial charge on any atom is 0.307 e. The Balaban J connectivity index is 1.51. The van der Waals surface area contributed by atoms with Crippen LogP contribution in [0.4, 0.5) is 0 Å². The van der Waals surface area contributed by atoms with Crippen LogP contribution in [0.2, 0.25) is 0 Å². The molecule has 0 saturated carbocycles. The summed E-state index contributed by atoms with van der Waals surface area (Å²) in [5.74, 6) is -1.90. The van der Waals surface area contributed by atoms with E-state index in [0.717, 1.165) is 61.3 Å². The Morgan fingerprint density at radius 2 is 1.22 bits per heavy atom. The fourth-order valence-corrected chi connectivity index (χ4v) is 5.22. The highest BCUT2D eigenvalue weighted by molar-refractivity contribution is 5.72. The molecular formula is C26H32N2O4. The Labute approximate surface area is 189 Å².